The molecule has 0 atom stereocenters. The first kappa shape index (κ1) is 18.1. The van der Waals surface area contributed by atoms with Gasteiger partial charge in [0.05, 0.1) is 11.2 Å². The van der Waals surface area contributed by atoms with Crippen molar-refractivity contribution in [2.45, 2.75) is 44.4 Å². The highest BCUT2D eigenvalue weighted by Gasteiger charge is 2.53. The lowest BCUT2D eigenvalue weighted by Gasteiger charge is -2.32. The van der Waals surface area contributed by atoms with Crippen LogP contribution in [-0.2, 0) is 19.4 Å². The van der Waals surface area contributed by atoms with Gasteiger partial charge < -0.3 is 13.5 Å². The molecule has 0 radical (unpaired) electrons. The van der Waals surface area contributed by atoms with Gasteiger partial charge >= 0.3 is 22.7 Å². The first-order valence-electron chi connectivity index (χ1n) is 6.72. The summed E-state index contributed by atoms with van der Waals surface area (Å²) in [6.07, 6.45) is 0. The average Bonchev–Trinajstić information content (AvgIpc) is 2.57. The monoisotopic (exact) mass is 352 g/mol. The van der Waals surface area contributed by atoms with Gasteiger partial charge in [0.15, 0.2) is 0 Å². The predicted molar refractivity (Wildman–Crippen MR) is 77.8 cm³/mol. The van der Waals surface area contributed by atoms with Gasteiger partial charge in [-0.3, -0.25) is 0 Å². The second kappa shape index (κ2) is 5.39. The Morgan fingerprint density at radius 2 is 1.52 bits per heavy atom. The molecule has 1 fully saturated rings. The zero-order chi connectivity index (χ0) is 17.7. The molecule has 1 saturated heterocycles. The van der Waals surface area contributed by atoms with Crippen molar-refractivity contribution >= 4 is 22.7 Å². The lowest BCUT2D eigenvalue weighted by Crippen LogP contribution is -2.41. The summed E-state index contributed by atoms with van der Waals surface area (Å²) in [6, 6.07) is 5.39. The van der Waals surface area contributed by atoms with E-state index in [1.54, 1.807) is 27.7 Å². The summed E-state index contributed by atoms with van der Waals surface area (Å²) < 4.78 is 75.6. The van der Waals surface area contributed by atoms with Crippen molar-refractivity contribution < 1.29 is 35.1 Å². The minimum atomic E-state index is -5.77. The van der Waals surface area contributed by atoms with Crippen LogP contribution in [0.3, 0.4) is 0 Å². The molecule has 0 spiro atoms. The smallest absolute Gasteiger partial charge is 0.399 e. The molecule has 2 rings (SSSR count). The number of benzene rings is 1. The number of halogens is 3. The Bertz CT molecular complexity index is 684. The summed E-state index contributed by atoms with van der Waals surface area (Å²) in [5.41, 5.74) is -6.91. The van der Waals surface area contributed by atoms with Gasteiger partial charge in [0.2, 0.25) is 0 Å². The molecule has 1 aliphatic heterocycles. The molecule has 5 nitrogen and oxygen atoms in total. The molecule has 0 bridgehead atoms. The molecule has 23 heavy (non-hydrogen) atoms. The molecule has 1 aliphatic rings. The zero-order valence-corrected chi connectivity index (χ0v) is 13.8. The topological polar surface area (TPSA) is 61.8 Å². The number of hydrogen-bond donors (Lipinski definition) is 0. The van der Waals surface area contributed by atoms with Crippen molar-refractivity contribution in [2.75, 3.05) is 0 Å². The SMILES string of the molecule is CC1(C)OB(c2ccccc2OS(=O)(=O)C(F)(F)F)OC1(C)C. The van der Waals surface area contributed by atoms with E-state index in [0.717, 1.165) is 6.07 Å². The van der Waals surface area contributed by atoms with Gasteiger partial charge in [-0.15, -0.1) is 0 Å². The van der Waals surface area contributed by atoms with Crippen LogP contribution in [0.4, 0.5) is 13.2 Å². The fourth-order valence-electron chi connectivity index (χ4n) is 1.89. The Labute approximate surface area is 133 Å². The van der Waals surface area contributed by atoms with E-state index in [1.165, 1.54) is 18.2 Å². The number of para-hydroxylation sites is 1. The van der Waals surface area contributed by atoms with E-state index >= 15 is 0 Å². The van der Waals surface area contributed by atoms with Crippen molar-refractivity contribution in [1.29, 1.82) is 0 Å². The summed E-state index contributed by atoms with van der Waals surface area (Å²) in [7, 11) is -6.81. The third kappa shape index (κ3) is 3.34. The molecular weight excluding hydrogens is 336 g/mol. The van der Waals surface area contributed by atoms with E-state index in [-0.39, 0.29) is 5.46 Å². The minimum Gasteiger partial charge on any atom is -0.399 e. The van der Waals surface area contributed by atoms with Gasteiger partial charge in [0.25, 0.3) is 0 Å². The molecule has 128 valence electrons. The van der Waals surface area contributed by atoms with Gasteiger partial charge in [-0.2, -0.15) is 21.6 Å². The Morgan fingerprint density at radius 1 is 1.04 bits per heavy atom. The highest BCUT2D eigenvalue weighted by Crippen LogP contribution is 2.37. The summed E-state index contributed by atoms with van der Waals surface area (Å²) in [4.78, 5) is 0. The fraction of sp³-hybridized carbons (Fsp3) is 0.538. The van der Waals surface area contributed by atoms with Crippen LogP contribution < -0.4 is 9.65 Å². The zero-order valence-electron chi connectivity index (χ0n) is 13.0. The van der Waals surface area contributed by atoms with Crippen molar-refractivity contribution in [1.82, 2.24) is 0 Å². The molecule has 0 amide bonds. The van der Waals surface area contributed by atoms with Crippen molar-refractivity contribution in [2.24, 2.45) is 0 Å². The molecule has 0 unspecified atom stereocenters. The van der Waals surface area contributed by atoms with Crippen LogP contribution in [0.1, 0.15) is 27.7 Å². The van der Waals surface area contributed by atoms with Crippen LogP contribution in [0.25, 0.3) is 0 Å². The lowest BCUT2D eigenvalue weighted by molar-refractivity contribution is -0.0499. The first-order valence-corrected chi connectivity index (χ1v) is 8.13. The maximum Gasteiger partial charge on any atom is 0.534 e. The second-order valence-electron chi connectivity index (χ2n) is 6.11. The predicted octanol–water partition coefficient (Wildman–Crippen LogP) is 2.21. The van der Waals surface area contributed by atoms with Crippen molar-refractivity contribution in [3.8, 4) is 5.75 Å². The Hall–Kier alpha value is -1.26. The number of rotatable bonds is 3. The van der Waals surface area contributed by atoms with Crippen LogP contribution in [0.15, 0.2) is 24.3 Å². The Kier molecular flexibility index (Phi) is 4.24. The lowest BCUT2D eigenvalue weighted by atomic mass is 9.78. The molecule has 0 saturated carbocycles. The molecule has 1 heterocycles. The van der Waals surface area contributed by atoms with Gasteiger partial charge in [-0.1, -0.05) is 18.2 Å². The van der Waals surface area contributed by atoms with Crippen LogP contribution in [0, 0.1) is 0 Å². The van der Waals surface area contributed by atoms with Crippen LogP contribution >= 0.6 is 0 Å². The maximum absolute atomic E-state index is 12.5. The summed E-state index contributed by atoms with van der Waals surface area (Å²) >= 11 is 0. The van der Waals surface area contributed by atoms with E-state index in [4.69, 9.17) is 9.31 Å². The quantitative estimate of drug-likeness (QED) is 0.474. The average molecular weight is 352 g/mol. The minimum absolute atomic E-state index is 0.0685. The van der Waals surface area contributed by atoms with Crippen molar-refractivity contribution in [3.05, 3.63) is 24.3 Å². The largest absolute Gasteiger partial charge is 0.534 e. The van der Waals surface area contributed by atoms with Gasteiger partial charge in [0, 0.05) is 5.46 Å². The van der Waals surface area contributed by atoms with Crippen molar-refractivity contribution in [3.63, 3.8) is 0 Å². The molecular formula is C13H16BF3O5S. The maximum atomic E-state index is 12.5. The standard InChI is InChI=1S/C13H16BF3O5S/c1-11(2)12(3,4)22-14(21-11)9-7-5-6-8-10(9)20-23(18,19)13(15,16)17/h5-8H,1-4H3. The van der Waals surface area contributed by atoms with Gasteiger partial charge in [-0.25, -0.2) is 0 Å². The number of alkyl halides is 3. The third-order valence-electron chi connectivity index (χ3n) is 3.91. The molecule has 0 aromatic heterocycles. The molecule has 0 N–H and O–H groups in total. The third-order valence-corrected chi connectivity index (χ3v) is 4.88. The van der Waals surface area contributed by atoms with Crippen LogP contribution in [0.2, 0.25) is 0 Å². The van der Waals surface area contributed by atoms with E-state index in [9.17, 15) is 21.6 Å². The summed E-state index contributed by atoms with van der Waals surface area (Å²) in [5.74, 6) is -0.483. The first-order chi connectivity index (χ1) is 10.3. The van der Waals surface area contributed by atoms with E-state index < -0.39 is 39.7 Å². The van der Waals surface area contributed by atoms with Crippen LogP contribution in [-0.4, -0.2) is 32.2 Å². The van der Waals surface area contributed by atoms with E-state index in [2.05, 4.69) is 4.18 Å². The highest BCUT2D eigenvalue weighted by molar-refractivity contribution is 7.88. The number of hydrogen-bond acceptors (Lipinski definition) is 5. The Balaban J connectivity index is 2.37. The van der Waals surface area contributed by atoms with E-state index in [0.29, 0.717) is 0 Å². The molecule has 10 heteroatoms. The van der Waals surface area contributed by atoms with E-state index in [1.807, 2.05) is 0 Å². The summed E-state index contributed by atoms with van der Waals surface area (Å²) in [6.45, 7) is 7.07. The molecule has 1 aromatic carbocycles. The molecule has 1 aromatic rings. The van der Waals surface area contributed by atoms with Gasteiger partial charge in [-0.05, 0) is 33.8 Å². The fourth-order valence-corrected chi connectivity index (χ4v) is 2.37. The summed E-state index contributed by atoms with van der Waals surface area (Å²) in [5, 5.41) is 0. The molecule has 0 aliphatic carbocycles. The van der Waals surface area contributed by atoms with Crippen LogP contribution in [0.5, 0.6) is 5.75 Å². The normalized spacial score (nSPS) is 20.6. The highest BCUT2D eigenvalue weighted by atomic mass is 32.2. The Morgan fingerprint density at radius 3 is 2.00 bits per heavy atom. The van der Waals surface area contributed by atoms with Gasteiger partial charge in [0.1, 0.15) is 5.75 Å². The second-order valence-corrected chi connectivity index (χ2v) is 7.65.